The molecule has 0 spiro atoms. The molecule has 1 atom stereocenters. The number of hydrogen-bond acceptors (Lipinski definition) is 1. The van der Waals surface area contributed by atoms with Crippen LogP contribution in [0, 0.1) is 5.92 Å². The van der Waals surface area contributed by atoms with Crippen LogP contribution in [0.2, 0.25) is 0 Å². The number of nitrogens with one attached hydrogen (secondary N) is 1. The lowest BCUT2D eigenvalue weighted by molar-refractivity contribution is 0.395. The Morgan fingerprint density at radius 3 is 1.62 bits per heavy atom. The van der Waals surface area contributed by atoms with E-state index in [0.29, 0.717) is 0 Å². The molecule has 0 fully saturated rings. The van der Waals surface area contributed by atoms with Gasteiger partial charge in [-0.3, -0.25) is 0 Å². The van der Waals surface area contributed by atoms with E-state index in [-0.39, 0.29) is 0 Å². The number of unbranched alkanes of at least 4 members (excludes halogenated alkanes) is 12. The van der Waals surface area contributed by atoms with Crippen LogP contribution in [0.3, 0.4) is 0 Å². The van der Waals surface area contributed by atoms with Crippen molar-refractivity contribution >= 4 is 0 Å². The second-order valence-electron chi connectivity index (χ2n) is 9.40. The molecule has 0 aromatic rings. The molecule has 0 aliphatic rings. The Labute approximate surface area is 185 Å². The minimum absolute atomic E-state index is 1.01. The van der Waals surface area contributed by atoms with Gasteiger partial charge in [-0.25, -0.2) is 0 Å². The summed E-state index contributed by atoms with van der Waals surface area (Å²) >= 11 is 0. The lowest BCUT2D eigenvalue weighted by Gasteiger charge is -2.14. The van der Waals surface area contributed by atoms with Crippen LogP contribution in [0.15, 0.2) is 12.2 Å². The zero-order chi connectivity index (χ0) is 21.4. The van der Waals surface area contributed by atoms with E-state index in [1.165, 1.54) is 141 Å². The molecule has 0 heterocycles. The van der Waals surface area contributed by atoms with Gasteiger partial charge in [-0.15, -0.1) is 0 Å². The van der Waals surface area contributed by atoms with Gasteiger partial charge >= 0.3 is 0 Å². The fourth-order valence-electron chi connectivity index (χ4n) is 4.26. The molecule has 0 radical (unpaired) electrons. The summed E-state index contributed by atoms with van der Waals surface area (Å²) in [6.07, 6.45) is 28.0. The first-order valence-corrected chi connectivity index (χ1v) is 13.6. The van der Waals surface area contributed by atoms with Crippen molar-refractivity contribution in [3.05, 3.63) is 12.2 Å². The third kappa shape index (κ3) is 22.2. The average Bonchev–Trinajstić information content (AvgIpc) is 2.74. The van der Waals surface area contributed by atoms with E-state index in [9.17, 15) is 0 Å². The maximum absolute atomic E-state index is 4.09. The molecule has 174 valence electrons. The van der Waals surface area contributed by atoms with Gasteiger partial charge in [-0.05, 0) is 51.1 Å². The summed E-state index contributed by atoms with van der Waals surface area (Å²) < 4.78 is 0. The van der Waals surface area contributed by atoms with Crippen LogP contribution in [0.1, 0.15) is 149 Å². The summed E-state index contributed by atoms with van der Waals surface area (Å²) in [7, 11) is 0. The fraction of sp³-hybridized carbons (Fsp3) is 0.929. The maximum Gasteiger partial charge on any atom is -0.00489 e. The van der Waals surface area contributed by atoms with Crippen LogP contribution in [0.5, 0.6) is 0 Å². The Morgan fingerprint density at radius 2 is 1.10 bits per heavy atom. The molecule has 0 aliphatic heterocycles. The van der Waals surface area contributed by atoms with Crippen LogP contribution < -0.4 is 5.32 Å². The topological polar surface area (TPSA) is 12.0 Å². The Hall–Kier alpha value is -0.300. The van der Waals surface area contributed by atoms with Gasteiger partial charge in [-0.2, -0.15) is 0 Å². The lowest BCUT2D eigenvalue weighted by atomic mass is 9.92. The van der Waals surface area contributed by atoms with Crippen LogP contribution in [0.4, 0.5) is 0 Å². The van der Waals surface area contributed by atoms with Crippen molar-refractivity contribution in [2.24, 2.45) is 5.92 Å². The molecule has 29 heavy (non-hydrogen) atoms. The van der Waals surface area contributed by atoms with Gasteiger partial charge in [0.05, 0.1) is 0 Å². The second-order valence-corrected chi connectivity index (χ2v) is 9.40. The van der Waals surface area contributed by atoms with E-state index in [0.717, 1.165) is 12.3 Å². The number of rotatable bonds is 24. The standard InChI is InChI=1S/C28H57N/c1-5-8-17-23-28(7-3)24-19-13-11-9-10-12-15-20-25-29-26-21-16-14-18-22-27(4)6-2/h28-29H,4-26H2,1-3H3. The van der Waals surface area contributed by atoms with Crippen molar-refractivity contribution in [3.63, 3.8) is 0 Å². The third-order valence-electron chi connectivity index (χ3n) is 6.64. The highest BCUT2D eigenvalue weighted by Crippen LogP contribution is 2.21. The number of allylic oxidation sites excluding steroid dienone is 1. The first-order chi connectivity index (χ1) is 14.2. The van der Waals surface area contributed by atoms with E-state index in [1.807, 2.05) is 0 Å². The molecule has 0 amide bonds. The van der Waals surface area contributed by atoms with Crippen molar-refractivity contribution in [1.29, 1.82) is 0 Å². The Kier molecular flexibility index (Phi) is 23.7. The summed E-state index contributed by atoms with van der Waals surface area (Å²) in [5, 5.41) is 3.63. The predicted octanol–water partition coefficient (Wildman–Crippen LogP) is 9.61. The minimum Gasteiger partial charge on any atom is -0.317 e. The van der Waals surface area contributed by atoms with Gasteiger partial charge in [0, 0.05) is 0 Å². The van der Waals surface area contributed by atoms with Crippen LogP contribution >= 0.6 is 0 Å². The maximum atomic E-state index is 4.09. The molecule has 0 aliphatic carbocycles. The molecular weight excluding hydrogens is 350 g/mol. The van der Waals surface area contributed by atoms with Gasteiger partial charge in [0.15, 0.2) is 0 Å². The van der Waals surface area contributed by atoms with E-state index in [2.05, 4.69) is 32.7 Å². The summed E-state index contributed by atoms with van der Waals surface area (Å²) in [6.45, 7) is 13.4. The summed E-state index contributed by atoms with van der Waals surface area (Å²) in [4.78, 5) is 0. The predicted molar refractivity (Wildman–Crippen MR) is 135 cm³/mol. The highest BCUT2D eigenvalue weighted by Gasteiger charge is 2.05. The summed E-state index contributed by atoms with van der Waals surface area (Å²) in [5.74, 6) is 1.01. The van der Waals surface area contributed by atoms with Crippen molar-refractivity contribution in [3.8, 4) is 0 Å². The third-order valence-corrected chi connectivity index (χ3v) is 6.64. The second kappa shape index (κ2) is 24.0. The molecule has 0 saturated heterocycles. The van der Waals surface area contributed by atoms with Crippen molar-refractivity contribution in [1.82, 2.24) is 5.32 Å². The molecule has 0 rings (SSSR count). The Balaban J connectivity index is 3.17. The SMILES string of the molecule is C=C(CC)CCCCCCNCCCCCCCCCCC(CC)CCCCC. The van der Waals surface area contributed by atoms with Gasteiger partial charge in [0.25, 0.3) is 0 Å². The molecule has 0 bridgehead atoms. The monoisotopic (exact) mass is 407 g/mol. The summed E-state index contributed by atoms with van der Waals surface area (Å²) in [6, 6.07) is 0. The molecule has 1 nitrogen and oxygen atoms in total. The van der Waals surface area contributed by atoms with Crippen LogP contribution in [-0.2, 0) is 0 Å². The minimum atomic E-state index is 1.01. The fourth-order valence-corrected chi connectivity index (χ4v) is 4.26. The van der Waals surface area contributed by atoms with E-state index in [1.54, 1.807) is 0 Å². The van der Waals surface area contributed by atoms with Gasteiger partial charge in [0.1, 0.15) is 0 Å². The number of hydrogen-bond donors (Lipinski definition) is 1. The highest BCUT2D eigenvalue weighted by atomic mass is 14.8. The lowest BCUT2D eigenvalue weighted by Crippen LogP contribution is -2.16. The molecular formula is C28H57N. The van der Waals surface area contributed by atoms with Crippen molar-refractivity contribution in [2.75, 3.05) is 13.1 Å². The normalized spacial score (nSPS) is 12.4. The summed E-state index contributed by atoms with van der Waals surface area (Å²) in [5.41, 5.74) is 1.42. The highest BCUT2D eigenvalue weighted by molar-refractivity contribution is 4.91. The van der Waals surface area contributed by atoms with Gasteiger partial charge in [-0.1, -0.05) is 129 Å². The Morgan fingerprint density at radius 1 is 0.621 bits per heavy atom. The van der Waals surface area contributed by atoms with Gasteiger partial charge in [0.2, 0.25) is 0 Å². The molecule has 0 aromatic carbocycles. The van der Waals surface area contributed by atoms with Gasteiger partial charge < -0.3 is 5.32 Å². The zero-order valence-corrected chi connectivity index (χ0v) is 20.8. The van der Waals surface area contributed by atoms with E-state index >= 15 is 0 Å². The molecule has 1 N–H and O–H groups in total. The first kappa shape index (κ1) is 28.7. The molecule has 1 heteroatoms. The molecule has 0 saturated carbocycles. The first-order valence-electron chi connectivity index (χ1n) is 13.6. The van der Waals surface area contributed by atoms with Crippen LogP contribution in [0.25, 0.3) is 0 Å². The zero-order valence-electron chi connectivity index (χ0n) is 20.8. The van der Waals surface area contributed by atoms with Crippen molar-refractivity contribution in [2.45, 2.75) is 149 Å². The van der Waals surface area contributed by atoms with Crippen LogP contribution in [-0.4, -0.2) is 13.1 Å². The average molecular weight is 408 g/mol. The van der Waals surface area contributed by atoms with Crippen molar-refractivity contribution < 1.29 is 0 Å². The molecule has 1 unspecified atom stereocenters. The Bertz CT molecular complexity index is 322. The smallest absolute Gasteiger partial charge is 0.00489 e. The van der Waals surface area contributed by atoms with E-state index in [4.69, 9.17) is 0 Å². The van der Waals surface area contributed by atoms with E-state index < -0.39 is 0 Å². The quantitative estimate of drug-likeness (QED) is 0.124. The molecule has 0 aromatic heterocycles. The largest absolute Gasteiger partial charge is 0.317 e.